The maximum Gasteiger partial charge on any atom is 0.248 e. The molecule has 2 unspecified atom stereocenters. The number of fused-ring (bicyclic) bond motifs is 2. The molecule has 0 saturated carbocycles. The fraction of sp³-hybridized carbons (Fsp3) is 0.366. The van der Waals surface area contributed by atoms with Crippen LogP contribution in [0.25, 0.3) is 0 Å². The van der Waals surface area contributed by atoms with Crippen molar-refractivity contribution < 1.29 is 9.59 Å². The highest BCUT2D eigenvalue weighted by atomic mass is 16.2. The molecule has 0 fully saturated rings. The van der Waals surface area contributed by atoms with Gasteiger partial charge >= 0.3 is 0 Å². The third-order valence-corrected chi connectivity index (χ3v) is 8.65. The SMILES string of the molecule is CC(C)(C)NCc1ccc(N2C(=O)C(N)Cc3ccccc32)cc1.CC1Cc2ccccc2N(c2ccc(CNC(C)(C)C)cc2)C1=O. The van der Waals surface area contributed by atoms with E-state index in [1.165, 1.54) is 16.7 Å². The van der Waals surface area contributed by atoms with Crippen LogP contribution >= 0.6 is 0 Å². The molecule has 4 aromatic carbocycles. The van der Waals surface area contributed by atoms with Gasteiger partial charge in [0.1, 0.15) is 0 Å². The standard InChI is InChI=1S/C21H26N2O.C20H25N3O/c1-15-13-17-7-5-6-8-19(17)23(20(15)24)18-11-9-16(10-12-18)14-22-21(2,3)4;1-20(2,3)22-13-14-8-10-16(11-9-14)23-18-7-5-4-6-15(18)12-17(21)19(23)24/h5-12,15,22H,13-14H2,1-4H3;4-11,17,22H,12-13,21H2,1-3H3. The Labute approximate surface area is 286 Å². The van der Waals surface area contributed by atoms with Gasteiger partial charge in [0.05, 0.1) is 17.4 Å². The first-order chi connectivity index (χ1) is 22.7. The maximum atomic E-state index is 12.7. The van der Waals surface area contributed by atoms with Gasteiger partial charge in [0.25, 0.3) is 0 Å². The molecule has 7 heteroatoms. The van der Waals surface area contributed by atoms with Crippen molar-refractivity contribution in [2.24, 2.45) is 11.7 Å². The Balaban J connectivity index is 0.000000188. The number of para-hydroxylation sites is 2. The summed E-state index contributed by atoms with van der Waals surface area (Å²) in [6, 6.07) is 32.1. The smallest absolute Gasteiger partial charge is 0.248 e. The average Bonchev–Trinajstić information content (AvgIpc) is 3.04. The van der Waals surface area contributed by atoms with Gasteiger partial charge in [-0.2, -0.15) is 0 Å². The molecule has 2 heterocycles. The topological polar surface area (TPSA) is 90.7 Å². The van der Waals surface area contributed by atoms with Crippen molar-refractivity contribution in [1.82, 2.24) is 10.6 Å². The van der Waals surface area contributed by atoms with Gasteiger partial charge in [-0.25, -0.2) is 0 Å². The van der Waals surface area contributed by atoms with Crippen LogP contribution in [0.1, 0.15) is 70.7 Å². The Bertz CT molecular complexity index is 1590. The molecule has 4 aromatic rings. The van der Waals surface area contributed by atoms with E-state index >= 15 is 0 Å². The monoisotopic (exact) mass is 645 g/mol. The molecule has 0 aliphatic carbocycles. The summed E-state index contributed by atoms with van der Waals surface area (Å²) in [5, 5.41) is 6.96. The number of carbonyl (C=O) groups is 2. The van der Waals surface area contributed by atoms with Gasteiger partial charge in [-0.05, 0) is 113 Å². The number of nitrogens with two attached hydrogens (primary N) is 1. The summed E-state index contributed by atoms with van der Waals surface area (Å²) in [6.07, 6.45) is 1.41. The minimum absolute atomic E-state index is 0.0159. The Morgan fingerprint density at radius 3 is 1.44 bits per heavy atom. The van der Waals surface area contributed by atoms with Crippen LogP contribution in [0.3, 0.4) is 0 Å². The van der Waals surface area contributed by atoms with Crippen molar-refractivity contribution in [1.29, 1.82) is 0 Å². The predicted octanol–water partition coefficient (Wildman–Crippen LogP) is 7.55. The molecular weight excluding hydrogens is 594 g/mol. The molecule has 2 aliphatic rings. The minimum atomic E-state index is -0.484. The van der Waals surface area contributed by atoms with Crippen LogP contribution in [0, 0.1) is 5.92 Å². The van der Waals surface area contributed by atoms with E-state index in [0.29, 0.717) is 6.42 Å². The summed E-state index contributed by atoms with van der Waals surface area (Å²) in [5.74, 6) is 0.144. The van der Waals surface area contributed by atoms with Crippen molar-refractivity contribution in [2.75, 3.05) is 9.80 Å². The molecular formula is C41H51N5O2. The van der Waals surface area contributed by atoms with E-state index in [0.717, 1.165) is 47.8 Å². The highest BCUT2D eigenvalue weighted by molar-refractivity contribution is 6.06. The molecule has 0 radical (unpaired) electrons. The van der Waals surface area contributed by atoms with Crippen LogP contribution in [-0.4, -0.2) is 28.9 Å². The molecule has 2 amide bonds. The highest BCUT2D eigenvalue weighted by Gasteiger charge is 2.32. The molecule has 4 N–H and O–H groups in total. The van der Waals surface area contributed by atoms with Crippen molar-refractivity contribution in [3.05, 3.63) is 119 Å². The van der Waals surface area contributed by atoms with E-state index in [1.54, 1.807) is 4.90 Å². The molecule has 252 valence electrons. The van der Waals surface area contributed by atoms with E-state index < -0.39 is 6.04 Å². The number of hydrogen-bond donors (Lipinski definition) is 3. The first-order valence-corrected chi connectivity index (χ1v) is 17.0. The van der Waals surface area contributed by atoms with Crippen LogP contribution in [0.15, 0.2) is 97.1 Å². The number of carbonyl (C=O) groups excluding carboxylic acids is 2. The van der Waals surface area contributed by atoms with E-state index in [2.05, 4.69) is 82.5 Å². The number of anilines is 4. The Morgan fingerprint density at radius 2 is 1.00 bits per heavy atom. The largest absolute Gasteiger partial charge is 0.320 e. The van der Waals surface area contributed by atoms with Crippen LogP contribution in [0.2, 0.25) is 0 Å². The second kappa shape index (κ2) is 14.4. The Morgan fingerprint density at radius 1 is 0.604 bits per heavy atom. The van der Waals surface area contributed by atoms with Gasteiger partial charge in [0.2, 0.25) is 11.8 Å². The molecule has 6 rings (SSSR count). The first kappa shape index (κ1) is 35.0. The van der Waals surface area contributed by atoms with E-state index in [4.69, 9.17) is 5.73 Å². The summed E-state index contributed by atoms with van der Waals surface area (Å²) >= 11 is 0. The molecule has 0 aromatic heterocycles. The lowest BCUT2D eigenvalue weighted by Gasteiger charge is -2.33. The molecule has 7 nitrogen and oxygen atoms in total. The number of benzene rings is 4. The van der Waals surface area contributed by atoms with Crippen molar-refractivity contribution >= 4 is 34.6 Å². The van der Waals surface area contributed by atoms with E-state index in [1.807, 2.05) is 78.6 Å². The van der Waals surface area contributed by atoms with Crippen LogP contribution < -0.4 is 26.2 Å². The maximum absolute atomic E-state index is 12.7. The number of nitrogens with zero attached hydrogens (tertiary/aromatic N) is 2. The normalized spacial score (nSPS) is 17.8. The van der Waals surface area contributed by atoms with Crippen molar-refractivity contribution in [3.63, 3.8) is 0 Å². The molecule has 2 aliphatic heterocycles. The fourth-order valence-corrected chi connectivity index (χ4v) is 5.96. The highest BCUT2D eigenvalue weighted by Crippen LogP contribution is 2.36. The van der Waals surface area contributed by atoms with E-state index in [9.17, 15) is 9.59 Å². The van der Waals surface area contributed by atoms with Crippen LogP contribution in [0.5, 0.6) is 0 Å². The van der Waals surface area contributed by atoms with Gasteiger partial charge < -0.3 is 16.4 Å². The second-order valence-corrected chi connectivity index (χ2v) is 15.1. The summed E-state index contributed by atoms with van der Waals surface area (Å²) in [7, 11) is 0. The van der Waals surface area contributed by atoms with Gasteiger partial charge in [-0.1, -0.05) is 67.6 Å². The number of amides is 2. The Hall–Kier alpha value is -4.30. The average molecular weight is 646 g/mol. The van der Waals surface area contributed by atoms with E-state index in [-0.39, 0.29) is 28.8 Å². The zero-order valence-electron chi connectivity index (χ0n) is 29.5. The van der Waals surface area contributed by atoms with Gasteiger partial charge in [-0.3, -0.25) is 19.4 Å². The van der Waals surface area contributed by atoms with Crippen molar-refractivity contribution in [3.8, 4) is 0 Å². The lowest BCUT2D eigenvalue weighted by molar-refractivity contribution is -0.121. The van der Waals surface area contributed by atoms with Gasteiger partial charge in [0, 0.05) is 41.5 Å². The number of hydrogen-bond acceptors (Lipinski definition) is 5. The Kier molecular flexibility index (Phi) is 10.5. The molecule has 0 spiro atoms. The van der Waals surface area contributed by atoms with Crippen molar-refractivity contribution in [2.45, 2.75) is 91.5 Å². The molecule has 2 atom stereocenters. The quantitative estimate of drug-likeness (QED) is 0.201. The van der Waals surface area contributed by atoms with Crippen LogP contribution in [0.4, 0.5) is 22.7 Å². The zero-order chi connectivity index (χ0) is 34.6. The summed E-state index contributed by atoms with van der Waals surface area (Å²) in [6.45, 7) is 16.5. The third kappa shape index (κ3) is 8.58. The summed E-state index contributed by atoms with van der Waals surface area (Å²) < 4.78 is 0. The number of rotatable bonds is 6. The molecule has 0 saturated heterocycles. The summed E-state index contributed by atoms with van der Waals surface area (Å²) in [4.78, 5) is 29.0. The lowest BCUT2D eigenvalue weighted by Crippen LogP contribution is -2.46. The molecule has 0 bridgehead atoms. The lowest BCUT2D eigenvalue weighted by atomic mass is 9.92. The third-order valence-electron chi connectivity index (χ3n) is 8.65. The zero-order valence-corrected chi connectivity index (χ0v) is 29.5. The number of nitrogens with one attached hydrogen (secondary N) is 2. The molecule has 48 heavy (non-hydrogen) atoms. The van der Waals surface area contributed by atoms with Gasteiger partial charge in [0.15, 0.2) is 0 Å². The summed E-state index contributed by atoms with van der Waals surface area (Å²) in [5.41, 5.74) is 14.7. The first-order valence-electron chi connectivity index (χ1n) is 17.0. The second-order valence-electron chi connectivity index (χ2n) is 15.1. The fourth-order valence-electron chi connectivity index (χ4n) is 5.96. The predicted molar refractivity (Wildman–Crippen MR) is 198 cm³/mol. The van der Waals surface area contributed by atoms with Crippen LogP contribution in [-0.2, 0) is 35.5 Å². The minimum Gasteiger partial charge on any atom is -0.320 e. The van der Waals surface area contributed by atoms with Gasteiger partial charge in [-0.15, -0.1) is 0 Å².